The van der Waals surface area contributed by atoms with Crippen LogP contribution in [-0.2, 0) is 14.0 Å². The van der Waals surface area contributed by atoms with Crippen LogP contribution in [0.3, 0.4) is 0 Å². The normalized spacial score (nSPS) is 23.4. The minimum atomic E-state index is -1.78. The SMILES string of the molecule is CN(C)C(=O)[C@@]1(C(C)(C)C)C[C@@H](OCCCO[Si](C)(C)C(C)(C)C)CN1C(=O)O. The summed E-state index contributed by atoms with van der Waals surface area (Å²) in [4.78, 5) is 27.9. The number of carbonyl (C=O) groups is 2. The minimum Gasteiger partial charge on any atom is -0.465 e. The van der Waals surface area contributed by atoms with E-state index in [-0.39, 0.29) is 23.6 Å². The molecule has 29 heavy (non-hydrogen) atoms. The predicted octanol–water partition coefficient (Wildman–Crippen LogP) is 4.04. The number of hydrogen-bond acceptors (Lipinski definition) is 4. The third kappa shape index (κ3) is 5.52. The summed E-state index contributed by atoms with van der Waals surface area (Å²) in [5.41, 5.74) is -1.69. The fourth-order valence-electron chi connectivity index (χ4n) is 3.67. The molecule has 1 heterocycles. The molecule has 1 aliphatic heterocycles. The lowest BCUT2D eigenvalue weighted by Crippen LogP contribution is -2.63. The smallest absolute Gasteiger partial charge is 0.408 e. The van der Waals surface area contributed by atoms with Crippen LogP contribution in [0.25, 0.3) is 0 Å². The maximum atomic E-state index is 13.1. The summed E-state index contributed by atoms with van der Waals surface area (Å²) in [5, 5.41) is 9.99. The van der Waals surface area contributed by atoms with Crippen molar-refractivity contribution in [1.29, 1.82) is 0 Å². The number of ether oxygens (including phenoxy) is 1. The van der Waals surface area contributed by atoms with Crippen molar-refractivity contribution in [3.63, 3.8) is 0 Å². The Morgan fingerprint density at radius 1 is 1.14 bits per heavy atom. The third-order valence-corrected chi connectivity index (χ3v) is 11.1. The highest BCUT2D eigenvalue weighted by molar-refractivity contribution is 6.74. The first-order chi connectivity index (χ1) is 13.0. The Morgan fingerprint density at radius 2 is 1.69 bits per heavy atom. The highest BCUT2D eigenvalue weighted by Gasteiger charge is 2.60. The van der Waals surface area contributed by atoms with Crippen molar-refractivity contribution in [2.24, 2.45) is 5.41 Å². The largest absolute Gasteiger partial charge is 0.465 e. The van der Waals surface area contributed by atoms with Crippen LogP contribution in [0.5, 0.6) is 0 Å². The molecule has 0 bridgehead atoms. The van der Waals surface area contributed by atoms with Crippen LogP contribution in [0.4, 0.5) is 4.79 Å². The molecular formula is C21H42N2O5Si. The van der Waals surface area contributed by atoms with Gasteiger partial charge in [-0.15, -0.1) is 0 Å². The number of carbonyl (C=O) groups excluding carboxylic acids is 1. The number of hydrogen-bond donors (Lipinski definition) is 1. The molecule has 1 saturated heterocycles. The van der Waals surface area contributed by atoms with Crippen molar-refractivity contribution in [2.75, 3.05) is 33.9 Å². The molecule has 0 saturated carbocycles. The maximum Gasteiger partial charge on any atom is 0.408 e. The molecule has 0 unspecified atom stereocenters. The van der Waals surface area contributed by atoms with Crippen molar-refractivity contribution < 1.29 is 23.9 Å². The van der Waals surface area contributed by atoms with Crippen LogP contribution in [0.2, 0.25) is 18.1 Å². The lowest BCUT2D eigenvalue weighted by atomic mass is 9.70. The predicted molar refractivity (Wildman–Crippen MR) is 118 cm³/mol. The van der Waals surface area contributed by atoms with Crippen molar-refractivity contribution in [1.82, 2.24) is 9.80 Å². The molecule has 1 aliphatic rings. The first kappa shape index (κ1) is 25.9. The monoisotopic (exact) mass is 430 g/mol. The van der Waals surface area contributed by atoms with E-state index in [4.69, 9.17) is 9.16 Å². The number of amides is 2. The zero-order valence-electron chi connectivity index (χ0n) is 20.1. The Hall–Kier alpha value is -1.12. The molecule has 2 atom stereocenters. The molecule has 0 aromatic heterocycles. The van der Waals surface area contributed by atoms with Gasteiger partial charge in [0, 0.05) is 33.7 Å². The van der Waals surface area contributed by atoms with Crippen LogP contribution in [-0.4, -0.2) is 80.7 Å². The van der Waals surface area contributed by atoms with Gasteiger partial charge in [-0.25, -0.2) is 4.79 Å². The quantitative estimate of drug-likeness (QED) is 0.487. The van der Waals surface area contributed by atoms with E-state index >= 15 is 0 Å². The van der Waals surface area contributed by atoms with Gasteiger partial charge in [0.25, 0.3) is 0 Å². The molecule has 1 N–H and O–H groups in total. The molecule has 0 spiro atoms. The van der Waals surface area contributed by atoms with Crippen LogP contribution < -0.4 is 0 Å². The van der Waals surface area contributed by atoms with Gasteiger partial charge in [0.1, 0.15) is 5.54 Å². The Balaban J connectivity index is 2.80. The average Bonchev–Trinajstić information content (AvgIpc) is 2.93. The Labute approximate surface area is 177 Å². The lowest BCUT2D eigenvalue weighted by molar-refractivity contribution is -0.146. The summed E-state index contributed by atoms with van der Waals surface area (Å²) in [6.45, 7) is 18.2. The summed E-state index contributed by atoms with van der Waals surface area (Å²) in [5.74, 6) is -0.195. The zero-order valence-corrected chi connectivity index (χ0v) is 21.1. The van der Waals surface area contributed by atoms with Gasteiger partial charge >= 0.3 is 6.09 Å². The number of carboxylic acid groups (broad SMARTS) is 1. The Bertz CT molecular complexity index is 595. The second-order valence-electron chi connectivity index (χ2n) is 10.9. The van der Waals surface area contributed by atoms with Crippen LogP contribution in [0.1, 0.15) is 54.4 Å². The summed E-state index contributed by atoms with van der Waals surface area (Å²) in [6, 6.07) is 0. The molecule has 0 aromatic rings. The average molecular weight is 431 g/mol. The van der Waals surface area contributed by atoms with Gasteiger partial charge in [-0.3, -0.25) is 9.69 Å². The van der Waals surface area contributed by atoms with Gasteiger partial charge in [0.15, 0.2) is 8.32 Å². The highest BCUT2D eigenvalue weighted by atomic mass is 28.4. The molecular weight excluding hydrogens is 388 g/mol. The third-order valence-electron chi connectivity index (χ3n) is 6.51. The van der Waals surface area contributed by atoms with E-state index in [1.54, 1.807) is 14.1 Å². The van der Waals surface area contributed by atoms with E-state index < -0.39 is 25.4 Å². The Kier molecular flexibility index (Phi) is 7.98. The summed E-state index contributed by atoms with van der Waals surface area (Å²) in [6.07, 6.45) is -0.270. The van der Waals surface area contributed by atoms with Gasteiger partial charge in [-0.2, -0.15) is 0 Å². The van der Waals surface area contributed by atoms with E-state index in [2.05, 4.69) is 33.9 Å². The van der Waals surface area contributed by atoms with Gasteiger partial charge in [0.05, 0.1) is 12.6 Å². The number of likely N-dealkylation sites (N-methyl/N-ethyl adjacent to an activating group) is 1. The van der Waals surface area contributed by atoms with Gasteiger partial charge in [-0.05, 0) is 30.0 Å². The van der Waals surface area contributed by atoms with Crippen molar-refractivity contribution in [3.8, 4) is 0 Å². The van der Waals surface area contributed by atoms with Crippen LogP contribution in [0.15, 0.2) is 0 Å². The first-order valence-corrected chi connectivity index (χ1v) is 13.4. The molecule has 8 heteroatoms. The summed E-state index contributed by atoms with van der Waals surface area (Å²) in [7, 11) is 1.56. The van der Waals surface area contributed by atoms with Crippen molar-refractivity contribution >= 4 is 20.3 Å². The fraction of sp³-hybridized carbons (Fsp3) is 0.905. The van der Waals surface area contributed by atoms with Gasteiger partial charge < -0.3 is 19.2 Å². The van der Waals surface area contributed by atoms with Crippen LogP contribution in [0, 0.1) is 5.41 Å². The van der Waals surface area contributed by atoms with E-state index in [0.717, 1.165) is 6.42 Å². The molecule has 0 aromatic carbocycles. The number of likely N-dealkylation sites (tertiary alicyclic amines) is 1. The van der Waals surface area contributed by atoms with Gasteiger partial charge in [0.2, 0.25) is 5.91 Å². The van der Waals surface area contributed by atoms with Gasteiger partial charge in [-0.1, -0.05) is 41.5 Å². The molecule has 7 nitrogen and oxygen atoms in total. The number of rotatable bonds is 7. The van der Waals surface area contributed by atoms with E-state index in [0.29, 0.717) is 19.6 Å². The molecule has 170 valence electrons. The maximum absolute atomic E-state index is 13.1. The topological polar surface area (TPSA) is 79.3 Å². The molecule has 1 fully saturated rings. The molecule has 1 rings (SSSR count). The fourth-order valence-corrected chi connectivity index (χ4v) is 4.76. The molecule has 2 amide bonds. The van der Waals surface area contributed by atoms with Crippen LogP contribution >= 0.6 is 0 Å². The standard InChI is InChI=1S/C21H42N2O5Si/c1-19(2,3)21(17(24)22(7)8)14-16(15-23(21)18(25)26)27-12-11-13-28-29(9,10)20(4,5)6/h16H,11-15H2,1-10H3,(H,25,26)/t16-,21-/m1/s1. The summed E-state index contributed by atoms with van der Waals surface area (Å²) < 4.78 is 12.2. The van der Waals surface area contributed by atoms with E-state index in [1.165, 1.54) is 9.80 Å². The van der Waals surface area contributed by atoms with E-state index in [1.807, 2.05) is 20.8 Å². The second kappa shape index (κ2) is 8.94. The minimum absolute atomic E-state index is 0.167. The zero-order chi connectivity index (χ0) is 22.8. The molecule has 0 aliphatic carbocycles. The van der Waals surface area contributed by atoms with Crippen molar-refractivity contribution in [2.45, 2.75) is 84.2 Å². The lowest BCUT2D eigenvalue weighted by Gasteiger charge is -2.46. The first-order valence-electron chi connectivity index (χ1n) is 10.5. The van der Waals surface area contributed by atoms with E-state index in [9.17, 15) is 14.7 Å². The Morgan fingerprint density at radius 3 is 2.10 bits per heavy atom. The summed E-state index contributed by atoms with van der Waals surface area (Å²) >= 11 is 0. The number of nitrogens with zero attached hydrogens (tertiary/aromatic N) is 2. The second-order valence-corrected chi connectivity index (χ2v) is 15.7. The highest BCUT2D eigenvalue weighted by Crippen LogP contribution is 2.45. The van der Waals surface area contributed by atoms with Crippen molar-refractivity contribution in [3.05, 3.63) is 0 Å². The molecule has 0 radical (unpaired) electrons.